The van der Waals surface area contributed by atoms with Crippen LogP contribution in [-0.4, -0.2) is 13.1 Å². The molecule has 0 aromatic heterocycles. The molecule has 106 valence electrons. The maximum atomic E-state index is 11.7. The number of methoxy groups -OCH3 is 1. The van der Waals surface area contributed by atoms with E-state index in [4.69, 9.17) is 26.3 Å². The first-order valence-corrected chi connectivity index (χ1v) is 6.52. The zero-order valence-electron chi connectivity index (χ0n) is 11.3. The average molecular weight is 302 g/mol. The van der Waals surface area contributed by atoms with E-state index in [0.29, 0.717) is 27.5 Å². The van der Waals surface area contributed by atoms with E-state index in [1.54, 1.807) is 42.5 Å². The molecule has 0 N–H and O–H groups in total. The van der Waals surface area contributed by atoms with Gasteiger partial charge in [0.15, 0.2) is 0 Å². The summed E-state index contributed by atoms with van der Waals surface area (Å²) in [5.74, 6) is -0.0505. The molecule has 21 heavy (non-hydrogen) atoms. The Labute approximate surface area is 127 Å². The van der Waals surface area contributed by atoms with Crippen molar-refractivity contribution in [2.24, 2.45) is 0 Å². The van der Waals surface area contributed by atoms with Gasteiger partial charge in [0, 0.05) is 16.7 Å². The lowest BCUT2D eigenvalue weighted by Gasteiger charge is -2.11. The van der Waals surface area contributed by atoms with Crippen LogP contribution in [0.25, 0.3) is 0 Å². The first-order valence-electron chi connectivity index (χ1n) is 6.14. The Morgan fingerprint density at radius 3 is 2.76 bits per heavy atom. The number of esters is 1. The predicted molar refractivity (Wildman–Crippen MR) is 78.3 cm³/mol. The molecule has 0 fully saturated rings. The summed E-state index contributed by atoms with van der Waals surface area (Å²) in [4.78, 5) is 11.7. The summed E-state index contributed by atoms with van der Waals surface area (Å²) in [6, 6.07) is 13.8. The van der Waals surface area contributed by atoms with Gasteiger partial charge >= 0.3 is 5.97 Å². The highest BCUT2D eigenvalue weighted by atomic mass is 35.5. The molecule has 2 aromatic rings. The first-order chi connectivity index (χ1) is 10.2. The van der Waals surface area contributed by atoms with Crippen LogP contribution in [0.5, 0.6) is 5.75 Å². The number of nitrogens with zero attached hydrogens (tertiary/aromatic N) is 1. The number of ether oxygens (including phenoxy) is 2. The zero-order chi connectivity index (χ0) is 15.2. The number of nitriles is 1. The Balaban J connectivity index is 2.23. The van der Waals surface area contributed by atoms with E-state index >= 15 is 0 Å². The van der Waals surface area contributed by atoms with Crippen molar-refractivity contribution in [1.82, 2.24) is 0 Å². The van der Waals surface area contributed by atoms with Gasteiger partial charge in [-0.1, -0.05) is 29.8 Å². The van der Waals surface area contributed by atoms with Gasteiger partial charge in [-0.05, 0) is 18.2 Å². The fraction of sp³-hybridized carbons (Fsp3) is 0.125. The van der Waals surface area contributed by atoms with Gasteiger partial charge in [-0.25, -0.2) is 4.79 Å². The lowest BCUT2D eigenvalue weighted by molar-refractivity contribution is 0.0597. The fourth-order valence-corrected chi connectivity index (χ4v) is 1.98. The van der Waals surface area contributed by atoms with Crippen molar-refractivity contribution in [3.05, 3.63) is 64.2 Å². The molecular weight excluding hydrogens is 290 g/mol. The Kier molecular flexibility index (Phi) is 4.81. The molecule has 0 saturated heterocycles. The molecule has 0 atom stereocenters. The number of hydrogen-bond donors (Lipinski definition) is 0. The van der Waals surface area contributed by atoms with Crippen molar-refractivity contribution in [1.29, 1.82) is 5.26 Å². The van der Waals surface area contributed by atoms with Crippen LogP contribution >= 0.6 is 11.6 Å². The van der Waals surface area contributed by atoms with Crippen molar-refractivity contribution in [2.75, 3.05) is 7.11 Å². The standard InChI is InChI=1S/C16H12ClNO3/c1-20-16(19)14-5-3-2-4-12(14)10-21-15-8-13(17)7-6-11(15)9-18/h2-8H,10H2,1H3. The van der Waals surface area contributed by atoms with Crippen LogP contribution in [0, 0.1) is 11.3 Å². The number of carbonyl (C=O) groups excluding carboxylic acids is 1. The minimum atomic E-state index is -0.430. The maximum absolute atomic E-state index is 11.7. The summed E-state index contributed by atoms with van der Waals surface area (Å²) < 4.78 is 10.3. The van der Waals surface area contributed by atoms with E-state index in [-0.39, 0.29) is 6.61 Å². The molecule has 0 bridgehead atoms. The third-order valence-electron chi connectivity index (χ3n) is 2.87. The summed E-state index contributed by atoms with van der Waals surface area (Å²) >= 11 is 5.90. The highest BCUT2D eigenvalue weighted by Gasteiger charge is 2.12. The molecule has 4 nitrogen and oxygen atoms in total. The summed E-state index contributed by atoms with van der Waals surface area (Å²) in [7, 11) is 1.32. The molecule has 2 rings (SSSR count). The van der Waals surface area contributed by atoms with E-state index in [1.165, 1.54) is 7.11 Å². The van der Waals surface area contributed by atoms with E-state index in [9.17, 15) is 4.79 Å². The van der Waals surface area contributed by atoms with Gasteiger partial charge in [0.1, 0.15) is 18.4 Å². The molecule has 0 spiro atoms. The highest BCUT2D eigenvalue weighted by molar-refractivity contribution is 6.30. The lowest BCUT2D eigenvalue weighted by Crippen LogP contribution is -2.08. The minimum absolute atomic E-state index is 0.139. The van der Waals surface area contributed by atoms with Gasteiger partial charge in [0.2, 0.25) is 0 Å². The van der Waals surface area contributed by atoms with Gasteiger partial charge < -0.3 is 9.47 Å². The Morgan fingerprint density at radius 2 is 2.05 bits per heavy atom. The number of hydrogen-bond acceptors (Lipinski definition) is 4. The topological polar surface area (TPSA) is 59.3 Å². The van der Waals surface area contributed by atoms with Crippen LogP contribution in [0.4, 0.5) is 0 Å². The fourth-order valence-electron chi connectivity index (χ4n) is 1.82. The second kappa shape index (κ2) is 6.78. The average Bonchev–Trinajstić information content (AvgIpc) is 2.52. The van der Waals surface area contributed by atoms with Gasteiger partial charge in [0.05, 0.1) is 18.2 Å². The van der Waals surface area contributed by atoms with Crippen molar-refractivity contribution in [2.45, 2.75) is 6.61 Å². The molecule has 5 heteroatoms. The van der Waals surface area contributed by atoms with E-state index in [0.717, 1.165) is 0 Å². The number of rotatable bonds is 4. The van der Waals surface area contributed by atoms with Crippen molar-refractivity contribution < 1.29 is 14.3 Å². The molecule has 0 aliphatic carbocycles. The molecule has 0 amide bonds. The molecule has 0 radical (unpaired) electrons. The summed E-state index contributed by atoms with van der Waals surface area (Å²) in [6.45, 7) is 0.139. The van der Waals surface area contributed by atoms with Crippen LogP contribution in [-0.2, 0) is 11.3 Å². The zero-order valence-corrected chi connectivity index (χ0v) is 12.1. The Bertz CT molecular complexity index is 707. The van der Waals surface area contributed by atoms with Gasteiger partial charge in [-0.2, -0.15) is 5.26 Å². The molecule has 0 aliphatic rings. The minimum Gasteiger partial charge on any atom is -0.487 e. The molecule has 2 aromatic carbocycles. The highest BCUT2D eigenvalue weighted by Crippen LogP contribution is 2.24. The van der Waals surface area contributed by atoms with Crippen LogP contribution in [0.2, 0.25) is 5.02 Å². The maximum Gasteiger partial charge on any atom is 0.338 e. The second-order valence-corrected chi connectivity index (χ2v) is 4.63. The third-order valence-corrected chi connectivity index (χ3v) is 3.11. The monoisotopic (exact) mass is 301 g/mol. The molecular formula is C16H12ClNO3. The molecule has 0 saturated carbocycles. The van der Waals surface area contributed by atoms with E-state index in [1.807, 2.05) is 6.07 Å². The van der Waals surface area contributed by atoms with E-state index < -0.39 is 5.97 Å². The van der Waals surface area contributed by atoms with Crippen LogP contribution < -0.4 is 4.74 Å². The number of halogens is 1. The smallest absolute Gasteiger partial charge is 0.338 e. The normalized spacial score (nSPS) is 9.76. The van der Waals surface area contributed by atoms with Crippen LogP contribution in [0.1, 0.15) is 21.5 Å². The van der Waals surface area contributed by atoms with Crippen molar-refractivity contribution in [3.8, 4) is 11.8 Å². The van der Waals surface area contributed by atoms with Crippen molar-refractivity contribution in [3.63, 3.8) is 0 Å². The van der Waals surface area contributed by atoms with Crippen LogP contribution in [0.3, 0.4) is 0 Å². The summed E-state index contributed by atoms with van der Waals surface area (Å²) in [6.07, 6.45) is 0. The van der Waals surface area contributed by atoms with Crippen molar-refractivity contribution >= 4 is 17.6 Å². The summed E-state index contributed by atoms with van der Waals surface area (Å²) in [5, 5.41) is 9.52. The number of benzene rings is 2. The first kappa shape index (κ1) is 14.9. The van der Waals surface area contributed by atoms with Crippen LogP contribution in [0.15, 0.2) is 42.5 Å². The van der Waals surface area contributed by atoms with E-state index in [2.05, 4.69) is 0 Å². The number of carbonyl (C=O) groups is 1. The molecule has 0 unspecified atom stereocenters. The Morgan fingerprint density at radius 1 is 1.29 bits per heavy atom. The predicted octanol–water partition coefficient (Wildman–Crippen LogP) is 3.58. The van der Waals surface area contributed by atoms with Gasteiger partial charge in [-0.3, -0.25) is 0 Å². The largest absolute Gasteiger partial charge is 0.487 e. The van der Waals surface area contributed by atoms with Gasteiger partial charge in [0.25, 0.3) is 0 Å². The molecule has 0 aliphatic heterocycles. The summed E-state index contributed by atoms with van der Waals surface area (Å²) in [5.41, 5.74) is 1.49. The quantitative estimate of drug-likeness (QED) is 0.810. The second-order valence-electron chi connectivity index (χ2n) is 4.19. The lowest BCUT2D eigenvalue weighted by atomic mass is 10.1. The van der Waals surface area contributed by atoms with Gasteiger partial charge in [-0.15, -0.1) is 0 Å². The Hall–Kier alpha value is -2.51. The molecule has 0 heterocycles. The third kappa shape index (κ3) is 3.53. The SMILES string of the molecule is COC(=O)c1ccccc1COc1cc(Cl)ccc1C#N.